The van der Waals surface area contributed by atoms with Gasteiger partial charge in [0.05, 0.1) is 0 Å². The topological polar surface area (TPSA) is 21.3 Å². The van der Waals surface area contributed by atoms with Crippen LogP contribution in [0.15, 0.2) is 36.4 Å². The molecule has 2 aromatic rings. The fourth-order valence-corrected chi connectivity index (χ4v) is 3.14. The minimum absolute atomic E-state index is 0. The molecule has 2 nitrogen and oxygen atoms in total. The molecule has 0 spiro atoms. The van der Waals surface area contributed by atoms with Crippen molar-refractivity contribution in [3.8, 4) is 16.9 Å². The van der Waals surface area contributed by atoms with E-state index in [1.54, 1.807) is 6.07 Å². The molecule has 22 heavy (non-hydrogen) atoms. The molecule has 0 amide bonds. The van der Waals surface area contributed by atoms with E-state index in [4.69, 9.17) is 27.9 Å². The van der Waals surface area contributed by atoms with Gasteiger partial charge in [0.2, 0.25) is 0 Å². The van der Waals surface area contributed by atoms with Crippen LogP contribution in [-0.4, -0.2) is 19.7 Å². The van der Waals surface area contributed by atoms with Crippen LogP contribution in [0, 0.1) is 0 Å². The second-order valence-corrected chi connectivity index (χ2v) is 6.10. The molecule has 0 bridgehead atoms. The monoisotopic (exact) mass is 357 g/mol. The molecule has 2 aromatic carbocycles. The molecular formula is C17H18Cl3NO. The van der Waals surface area contributed by atoms with E-state index in [1.165, 1.54) is 5.56 Å². The lowest BCUT2D eigenvalue weighted by atomic mass is 9.95. The second-order valence-electron chi connectivity index (χ2n) is 5.25. The SMILES string of the molecule is CNC[C@@H]1CCc2cccc(-c3cc(Cl)ccc3Cl)c2O1.Cl. The summed E-state index contributed by atoms with van der Waals surface area (Å²) in [6.07, 6.45) is 2.25. The highest BCUT2D eigenvalue weighted by atomic mass is 35.5. The summed E-state index contributed by atoms with van der Waals surface area (Å²) in [6, 6.07) is 11.7. The third-order valence-corrected chi connectivity index (χ3v) is 4.33. The first-order chi connectivity index (χ1) is 10.2. The van der Waals surface area contributed by atoms with Crippen LogP contribution in [0.3, 0.4) is 0 Å². The van der Waals surface area contributed by atoms with Crippen molar-refractivity contribution in [1.29, 1.82) is 0 Å². The number of fused-ring (bicyclic) bond motifs is 1. The summed E-state index contributed by atoms with van der Waals surface area (Å²) < 4.78 is 6.19. The predicted octanol–water partition coefficient (Wildman–Crippen LogP) is 5.00. The molecule has 0 unspecified atom stereocenters. The van der Waals surface area contributed by atoms with Crippen molar-refractivity contribution in [2.24, 2.45) is 0 Å². The van der Waals surface area contributed by atoms with E-state index in [9.17, 15) is 0 Å². The van der Waals surface area contributed by atoms with E-state index in [1.807, 2.05) is 31.3 Å². The average Bonchev–Trinajstić information content (AvgIpc) is 2.49. The lowest BCUT2D eigenvalue weighted by Crippen LogP contribution is -2.32. The van der Waals surface area contributed by atoms with Crippen molar-refractivity contribution in [2.45, 2.75) is 18.9 Å². The number of hydrogen-bond acceptors (Lipinski definition) is 2. The lowest BCUT2D eigenvalue weighted by molar-refractivity contribution is 0.174. The smallest absolute Gasteiger partial charge is 0.130 e. The minimum Gasteiger partial charge on any atom is -0.488 e. The van der Waals surface area contributed by atoms with Crippen molar-refractivity contribution >= 4 is 35.6 Å². The second kappa shape index (κ2) is 7.56. The van der Waals surface area contributed by atoms with Crippen LogP contribution >= 0.6 is 35.6 Å². The third-order valence-electron chi connectivity index (χ3n) is 3.77. The van der Waals surface area contributed by atoms with E-state index in [2.05, 4.69) is 11.4 Å². The van der Waals surface area contributed by atoms with Crippen molar-refractivity contribution in [2.75, 3.05) is 13.6 Å². The van der Waals surface area contributed by atoms with E-state index in [-0.39, 0.29) is 18.5 Å². The maximum Gasteiger partial charge on any atom is 0.130 e. The summed E-state index contributed by atoms with van der Waals surface area (Å²) in [6.45, 7) is 0.844. The van der Waals surface area contributed by atoms with Gasteiger partial charge in [-0.05, 0) is 43.7 Å². The summed E-state index contributed by atoms with van der Waals surface area (Å²) in [5, 5.41) is 4.54. The zero-order valence-corrected chi connectivity index (χ0v) is 14.6. The summed E-state index contributed by atoms with van der Waals surface area (Å²) in [7, 11) is 1.94. The van der Waals surface area contributed by atoms with Gasteiger partial charge in [0.15, 0.2) is 0 Å². The first-order valence-corrected chi connectivity index (χ1v) is 7.83. The normalized spacial score (nSPS) is 16.4. The molecule has 0 saturated heterocycles. The van der Waals surface area contributed by atoms with Gasteiger partial charge >= 0.3 is 0 Å². The number of benzene rings is 2. The predicted molar refractivity (Wildman–Crippen MR) is 95.8 cm³/mol. The zero-order chi connectivity index (χ0) is 14.8. The van der Waals surface area contributed by atoms with Crippen molar-refractivity contribution < 1.29 is 4.74 Å². The van der Waals surface area contributed by atoms with Crippen LogP contribution in [0.2, 0.25) is 10.0 Å². The van der Waals surface area contributed by atoms with E-state index in [0.29, 0.717) is 10.0 Å². The Bertz CT molecular complexity index is 660. The number of rotatable bonds is 3. The van der Waals surface area contributed by atoms with Gasteiger partial charge < -0.3 is 10.1 Å². The number of nitrogens with one attached hydrogen (secondary N) is 1. The Balaban J connectivity index is 0.00000176. The Labute approximate surface area is 147 Å². The van der Waals surface area contributed by atoms with Gasteiger partial charge in [-0.3, -0.25) is 0 Å². The van der Waals surface area contributed by atoms with Gasteiger partial charge in [-0.1, -0.05) is 41.4 Å². The molecule has 1 aliphatic rings. The number of likely N-dealkylation sites (N-methyl/N-ethyl adjacent to an activating group) is 1. The molecule has 1 heterocycles. The molecule has 3 rings (SSSR count). The maximum absolute atomic E-state index is 6.34. The number of halogens is 3. The first-order valence-electron chi connectivity index (χ1n) is 7.07. The number of hydrogen-bond donors (Lipinski definition) is 1. The third kappa shape index (κ3) is 3.52. The number of aryl methyl sites for hydroxylation is 1. The molecule has 1 atom stereocenters. The lowest BCUT2D eigenvalue weighted by Gasteiger charge is -2.28. The van der Waals surface area contributed by atoms with Crippen molar-refractivity contribution in [3.63, 3.8) is 0 Å². The Morgan fingerprint density at radius 3 is 2.77 bits per heavy atom. The highest BCUT2D eigenvalue weighted by molar-refractivity contribution is 6.35. The van der Waals surface area contributed by atoms with Gasteiger partial charge in [0.25, 0.3) is 0 Å². The van der Waals surface area contributed by atoms with E-state index in [0.717, 1.165) is 36.3 Å². The zero-order valence-electron chi connectivity index (χ0n) is 12.2. The van der Waals surface area contributed by atoms with Crippen molar-refractivity contribution in [1.82, 2.24) is 5.32 Å². The van der Waals surface area contributed by atoms with Crippen LogP contribution < -0.4 is 10.1 Å². The number of para-hydroxylation sites is 1. The molecule has 1 aliphatic heterocycles. The summed E-state index contributed by atoms with van der Waals surface area (Å²) >= 11 is 12.5. The average molecular weight is 359 g/mol. The summed E-state index contributed by atoms with van der Waals surface area (Å²) in [5.41, 5.74) is 3.17. The largest absolute Gasteiger partial charge is 0.488 e. The standard InChI is InChI=1S/C17H17Cl2NO.ClH/c1-20-10-13-7-5-11-3-2-4-14(17(11)21-13)15-9-12(18)6-8-16(15)19;/h2-4,6,8-9,13,20H,5,7,10H2,1H3;1H/t13-;/m0./s1. The van der Waals surface area contributed by atoms with Gasteiger partial charge in [-0.25, -0.2) is 0 Å². The molecule has 0 saturated carbocycles. The summed E-state index contributed by atoms with van der Waals surface area (Å²) in [5.74, 6) is 0.938. The summed E-state index contributed by atoms with van der Waals surface area (Å²) in [4.78, 5) is 0. The van der Waals surface area contributed by atoms with Crippen molar-refractivity contribution in [3.05, 3.63) is 52.0 Å². The fourth-order valence-electron chi connectivity index (χ4n) is 2.75. The van der Waals surface area contributed by atoms with Gasteiger partial charge in [0.1, 0.15) is 11.9 Å². The van der Waals surface area contributed by atoms with Crippen LogP contribution in [0.5, 0.6) is 5.75 Å². The molecule has 5 heteroatoms. The Hall–Kier alpha value is -0.930. The molecule has 0 radical (unpaired) electrons. The molecule has 1 N–H and O–H groups in total. The minimum atomic E-state index is 0. The first kappa shape index (κ1) is 17.4. The van der Waals surface area contributed by atoms with Crippen LogP contribution in [0.1, 0.15) is 12.0 Å². The van der Waals surface area contributed by atoms with Crippen LogP contribution in [-0.2, 0) is 6.42 Å². The molecule has 0 aromatic heterocycles. The van der Waals surface area contributed by atoms with E-state index < -0.39 is 0 Å². The van der Waals surface area contributed by atoms with Crippen LogP contribution in [0.4, 0.5) is 0 Å². The van der Waals surface area contributed by atoms with Crippen LogP contribution in [0.25, 0.3) is 11.1 Å². The van der Waals surface area contributed by atoms with E-state index >= 15 is 0 Å². The molecule has 118 valence electrons. The molecule has 0 aliphatic carbocycles. The Morgan fingerprint density at radius 2 is 2.00 bits per heavy atom. The Kier molecular flexibility index (Phi) is 5.99. The fraction of sp³-hybridized carbons (Fsp3) is 0.294. The molecule has 0 fully saturated rings. The highest BCUT2D eigenvalue weighted by Crippen LogP contribution is 2.41. The quantitative estimate of drug-likeness (QED) is 0.834. The van der Waals surface area contributed by atoms with Gasteiger partial charge in [-0.15, -0.1) is 12.4 Å². The molecular weight excluding hydrogens is 341 g/mol. The number of ether oxygens (including phenoxy) is 1. The van der Waals surface area contributed by atoms with Gasteiger partial charge in [-0.2, -0.15) is 0 Å². The highest BCUT2D eigenvalue weighted by Gasteiger charge is 2.23. The van der Waals surface area contributed by atoms with Gasteiger partial charge in [0, 0.05) is 27.7 Å². The maximum atomic E-state index is 6.34. The Morgan fingerprint density at radius 1 is 1.18 bits per heavy atom.